The van der Waals surface area contributed by atoms with Crippen LogP contribution in [-0.4, -0.2) is 53.3 Å². The summed E-state index contributed by atoms with van der Waals surface area (Å²) >= 11 is 1.43. The number of ether oxygens (including phenoxy) is 1. The minimum absolute atomic E-state index is 0.0505. The average molecular weight is 348 g/mol. The summed E-state index contributed by atoms with van der Waals surface area (Å²) in [4.78, 5) is 33.2. The Morgan fingerprint density at radius 3 is 2.35 bits per heavy atom. The van der Waals surface area contributed by atoms with Crippen LogP contribution < -0.4 is 10.6 Å². The summed E-state index contributed by atoms with van der Waals surface area (Å²) in [6, 6.07) is 0. The number of rotatable bonds is 11. The Kier molecular flexibility index (Phi) is 11.3. The van der Waals surface area contributed by atoms with Crippen molar-refractivity contribution < 1.29 is 24.2 Å². The van der Waals surface area contributed by atoms with E-state index in [-0.39, 0.29) is 12.3 Å². The lowest BCUT2D eigenvalue weighted by atomic mass is 10.2. The van der Waals surface area contributed by atoms with Gasteiger partial charge in [-0.1, -0.05) is 6.42 Å². The number of carbonyl (C=O) groups excluding carboxylic acids is 2. The molecular formula is C15H28N2O5S. The predicted molar refractivity (Wildman–Crippen MR) is 90.7 cm³/mol. The highest BCUT2D eigenvalue weighted by molar-refractivity contribution is 7.99. The summed E-state index contributed by atoms with van der Waals surface area (Å²) in [6.07, 6.45) is 1.93. The standard InChI is InChI=1S/C15H28N2O5S/c1-15(2,3)22-14(21)17-9-10-23-11-12(18)16-8-6-4-5-7-13(19)20/h4-11H2,1-3H3,(H,16,18)(H,17,21)(H,19,20). The Hall–Kier alpha value is -1.44. The van der Waals surface area contributed by atoms with Gasteiger partial charge in [0.2, 0.25) is 5.91 Å². The first kappa shape index (κ1) is 21.6. The van der Waals surface area contributed by atoms with Gasteiger partial charge in [0.25, 0.3) is 0 Å². The van der Waals surface area contributed by atoms with Gasteiger partial charge in [0.1, 0.15) is 5.60 Å². The monoisotopic (exact) mass is 348 g/mol. The van der Waals surface area contributed by atoms with Crippen LogP contribution in [-0.2, 0) is 14.3 Å². The van der Waals surface area contributed by atoms with Crippen LogP contribution in [0.1, 0.15) is 46.5 Å². The molecule has 0 aromatic heterocycles. The molecule has 8 heteroatoms. The zero-order valence-corrected chi connectivity index (χ0v) is 15.0. The third-order valence-electron chi connectivity index (χ3n) is 2.54. The average Bonchev–Trinajstić information content (AvgIpc) is 2.40. The van der Waals surface area contributed by atoms with Crippen LogP contribution >= 0.6 is 11.8 Å². The molecule has 23 heavy (non-hydrogen) atoms. The number of aliphatic carboxylic acids is 1. The lowest BCUT2D eigenvalue weighted by molar-refractivity contribution is -0.137. The molecule has 0 spiro atoms. The molecule has 0 aromatic carbocycles. The molecule has 0 heterocycles. The zero-order chi connectivity index (χ0) is 17.7. The fourth-order valence-electron chi connectivity index (χ4n) is 1.56. The molecule has 0 saturated heterocycles. The molecule has 3 N–H and O–H groups in total. The van der Waals surface area contributed by atoms with Crippen LogP contribution in [0.4, 0.5) is 4.79 Å². The van der Waals surface area contributed by atoms with Gasteiger partial charge in [-0.25, -0.2) is 4.79 Å². The van der Waals surface area contributed by atoms with Crippen LogP contribution in [0.5, 0.6) is 0 Å². The van der Waals surface area contributed by atoms with E-state index in [4.69, 9.17) is 9.84 Å². The highest BCUT2D eigenvalue weighted by atomic mass is 32.2. The zero-order valence-electron chi connectivity index (χ0n) is 14.1. The molecular weight excluding hydrogens is 320 g/mol. The number of hydrogen-bond donors (Lipinski definition) is 3. The number of unbranched alkanes of at least 4 members (excludes halogenated alkanes) is 2. The molecule has 0 aromatic rings. The second-order valence-corrected chi connectivity index (χ2v) is 7.14. The van der Waals surface area contributed by atoms with Crippen LogP contribution in [0.2, 0.25) is 0 Å². The molecule has 134 valence electrons. The maximum Gasteiger partial charge on any atom is 0.407 e. The summed E-state index contributed by atoms with van der Waals surface area (Å²) in [5.74, 6) is 0.132. The van der Waals surface area contributed by atoms with Crippen molar-refractivity contribution in [1.29, 1.82) is 0 Å². The highest BCUT2D eigenvalue weighted by Crippen LogP contribution is 2.06. The number of carbonyl (C=O) groups is 3. The molecule has 0 unspecified atom stereocenters. The number of thioether (sulfide) groups is 1. The Morgan fingerprint density at radius 1 is 1.04 bits per heavy atom. The maximum absolute atomic E-state index is 11.5. The van der Waals surface area contributed by atoms with Gasteiger partial charge < -0.3 is 20.5 Å². The van der Waals surface area contributed by atoms with Gasteiger partial charge in [-0.05, 0) is 33.6 Å². The van der Waals surface area contributed by atoms with Crippen LogP contribution in [0, 0.1) is 0 Å². The highest BCUT2D eigenvalue weighted by Gasteiger charge is 2.15. The van der Waals surface area contributed by atoms with Gasteiger partial charge in [-0.15, -0.1) is 0 Å². The van der Waals surface area contributed by atoms with Crippen LogP contribution in [0.3, 0.4) is 0 Å². The van der Waals surface area contributed by atoms with E-state index in [1.54, 1.807) is 20.8 Å². The van der Waals surface area contributed by atoms with E-state index >= 15 is 0 Å². The van der Waals surface area contributed by atoms with E-state index in [9.17, 15) is 14.4 Å². The maximum atomic E-state index is 11.5. The van der Waals surface area contributed by atoms with E-state index in [2.05, 4.69) is 10.6 Å². The summed E-state index contributed by atoms with van der Waals surface area (Å²) < 4.78 is 5.09. The smallest absolute Gasteiger partial charge is 0.407 e. The van der Waals surface area contributed by atoms with Crippen molar-refractivity contribution in [3.63, 3.8) is 0 Å². The van der Waals surface area contributed by atoms with Gasteiger partial charge in [-0.3, -0.25) is 9.59 Å². The first-order valence-corrected chi connectivity index (χ1v) is 8.89. The fraction of sp³-hybridized carbons (Fsp3) is 0.800. The predicted octanol–water partition coefficient (Wildman–Crippen LogP) is 2.01. The molecule has 0 radical (unpaired) electrons. The molecule has 0 saturated carbocycles. The van der Waals surface area contributed by atoms with Gasteiger partial charge in [0.05, 0.1) is 5.75 Å². The van der Waals surface area contributed by atoms with E-state index in [1.165, 1.54) is 11.8 Å². The molecule has 0 aliphatic carbocycles. The third-order valence-corrected chi connectivity index (χ3v) is 3.50. The van der Waals surface area contributed by atoms with E-state index in [1.807, 2.05) is 0 Å². The largest absolute Gasteiger partial charge is 0.481 e. The first-order chi connectivity index (χ1) is 10.7. The van der Waals surface area contributed by atoms with Gasteiger partial charge in [-0.2, -0.15) is 11.8 Å². The summed E-state index contributed by atoms with van der Waals surface area (Å²) in [7, 11) is 0. The normalized spacial score (nSPS) is 10.9. The van der Waals surface area contributed by atoms with Crippen molar-refractivity contribution in [3.8, 4) is 0 Å². The van der Waals surface area contributed by atoms with E-state index in [0.29, 0.717) is 31.0 Å². The summed E-state index contributed by atoms with van der Waals surface area (Å²) in [5.41, 5.74) is -0.512. The topological polar surface area (TPSA) is 105 Å². The fourth-order valence-corrected chi connectivity index (χ4v) is 2.24. The van der Waals surface area contributed by atoms with Gasteiger partial charge >= 0.3 is 12.1 Å². The van der Waals surface area contributed by atoms with Crippen molar-refractivity contribution in [1.82, 2.24) is 10.6 Å². The molecule has 0 fully saturated rings. The number of amides is 2. The van der Waals surface area contributed by atoms with Crippen LogP contribution in [0.25, 0.3) is 0 Å². The van der Waals surface area contributed by atoms with Crippen molar-refractivity contribution in [2.75, 3.05) is 24.6 Å². The Morgan fingerprint density at radius 2 is 1.74 bits per heavy atom. The minimum Gasteiger partial charge on any atom is -0.481 e. The summed E-state index contributed by atoms with van der Waals surface area (Å²) in [5, 5.41) is 13.9. The van der Waals surface area contributed by atoms with Crippen molar-refractivity contribution in [2.45, 2.75) is 52.1 Å². The van der Waals surface area contributed by atoms with Gasteiger partial charge in [0.15, 0.2) is 0 Å². The number of alkyl carbamates (subject to hydrolysis) is 1. The molecule has 7 nitrogen and oxygen atoms in total. The molecule has 0 rings (SSSR count). The van der Waals surface area contributed by atoms with Gasteiger partial charge in [0, 0.05) is 25.3 Å². The second kappa shape index (κ2) is 12.0. The molecule has 0 aliphatic heterocycles. The Bertz CT molecular complexity index is 383. The molecule has 2 amide bonds. The van der Waals surface area contributed by atoms with Crippen LogP contribution in [0.15, 0.2) is 0 Å². The molecule has 0 atom stereocenters. The second-order valence-electron chi connectivity index (χ2n) is 6.04. The lowest BCUT2D eigenvalue weighted by Crippen LogP contribution is -2.34. The van der Waals surface area contributed by atoms with Crippen molar-refractivity contribution in [3.05, 3.63) is 0 Å². The third kappa shape index (κ3) is 16.8. The van der Waals surface area contributed by atoms with E-state index < -0.39 is 17.7 Å². The summed E-state index contributed by atoms with van der Waals surface area (Å²) in [6.45, 7) is 6.41. The van der Waals surface area contributed by atoms with E-state index in [0.717, 1.165) is 12.8 Å². The number of hydrogen-bond acceptors (Lipinski definition) is 5. The molecule has 0 aliphatic rings. The first-order valence-electron chi connectivity index (χ1n) is 7.74. The van der Waals surface area contributed by atoms with Crippen molar-refractivity contribution in [2.24, 2.45) is 0 Å². The number of carboxylic acid groups (broad SMARTS) is 1. The Balaban J connectivity index is 3.43. The number of carboxylic acids is 1. The minimum atomic E-state index is -0.787. The Labute approximate surface area is 141 Å². The lowest BCUT2D eigenvalue weighted by Gasteiger charge is -2.19. The SMILES string of the molecule is CC(C)(C)OC(=O)NCCSCC(=O)NCCCCCC(=O)O. The van der Waals surface area contributed by atoms with Crippen molar-refractivity contribution >= 4 is 29.7 Å². The quantitative estimate of drug-likeness (QED) is 0.493. The number of nitrogens with one attached hydrogen (secondary N) is 2. The molecule has 0 bridgehead atoms.